The van der Waals surface area contributed by atoms with E-state index >= 15 is 0 Å². The fourth-order valence-corrected chi connectivity index (χ4v) is 4.21. The van der Waals surface area contributed by atoms with Crippen molar-refractivity contribution in [2.75, 3.05) is 34.8 Å². The fourth-order valence-electron chi connectivity index (χ4n) is 4.21. The molecule has 0 atom stereocenters. The third-order valence-corrected chi connectivity index (χ3v) is 6.20. The van der Waals surface area contributed by atoms with Crippen molar-refractivity contribution in [2.45, 2.75) is 34.1 Å². The maximum absolute atomic E-state index is 13.3. The van der Waals surface area contributed by atoms with Crippen molar-refractivity contribution in [3.63, 3.8) is 0 Å². The quantitative estimate of drug-likeness (QED) is 0.526. The Morgan fingerprint density at radius 3 is 2.49 bits per heavy atom. The minimum atomic E-state index is -0.285. The Morgan fingerprint density at radius 1 is 1.06 bits per heavy atom. The highest BCUT2D eigenvalue weighted by atomic mass is 16.2. The molecule has 35 heavy (non-hydrogen) atoms. The van der Waals surface area contributed by atoms with E-state index in [4.69, 9.17) is 4.99 Å². The normalized spacial score (nSPS) is 13.1. The molecule has 0 saturated carbocycles. The van der Waals surface area contributed by atoms with Gasteiger partial charge in [0, 0.05) is 30.7 Å². The molecule has 0 saturated heterocycles. The average Bonchev–Trinajstić information content (AvgIpc) is 2.98. The zero-order valence-corrected chi connectivity index (χ0v) is 20.7. The van der Waals surface area contributed by atoms with E-state index in [1.54, 1.807) is 12.3 Å². The molecular weight excluding hydrogens is 438 g/mol. The summed E-state index contributed by atoms with van der Waals surface area (Å²) in [4.78, 5) is 39.1. The van der Waals surface area contributed by atoms with Crippen LogP contribution in [0.2, 0.25) is 0 Å². The summed E-state index contributed by atoms with van der Waals surface area (Å²) in [6, 6.07) is 17.5. The molecule has 1 aliphatic heterocycles. The van der Waals surface area contributed by atoms with Crippen molar-refractivity contribution in [3.8, 4) is 0 Å². The second kappa shape index (κ2) is 10.5. The predicted molar refractivity (Wildman–Crippen MR) is 142 cm³/mol. The molecule has 180 valence electrons. The highest BCUT2D eigenvalue weighted by molar-refractivity contribution is 6.18. The lowest BCUT2D eigenvalue weighted by atomic mass is 10.1. The van der Waals surface area contributed by atoms with Crippen LogP contribution in [0, 0.1) is 13.8 Å². The van der Waals surface area contributed by atoms with Gasteiger partial charge in [-0.2, -0.15) is 0 Å². The van der Waals surface area contributed by atoms with Crippen molar-refractivity contribution in [3.05, 3.63) is 77.5 Å². The molecule has 2 aromatic carbocycles. The lowest BCUT2D eigenvalue weighted by molar-refractivity contribution is -0.120. The van der Waals surface area contributed by atoms with Crippen LogP contribution in [0.25, 0.3) is 0 Å². The molecule has 0 fully saturated rings. The van der Waals surface area contributed by atoms with E-state index in [0.717, 1.165) is 41.2 Å². The van der Waals surface area contributed by atoms with Gasteiger partial charge in [-0.3, -0.25) is 14.5 Å². The number of aryl methyl sites for hydroxylation is 2. The lowest BCUT2D eigenvalue weighted by Gasteiger charge is -2.23. The molecule has 2 amide bonds. The standard InChI is InChI=1S/C28H31N5O2/c1-5-32(6-2)22-13-14-23(20(4)16-22)31-26(34)18-33-27(35)17-25(21-11-9-19(3)10-12-21)30-24-8-7-15-29-28(24)33/h7-16H,5-6,17-18H2,1-4H3,(H,31,34). The first-order valence-corrected chi connectivity index (χ1v) is 11.9. The first kappa shape index (κ1) is 24.1. The lowest BCUT2D eigenvalue weighted by Crippen LogP contribution is -2.39. The number of benzene rings is 2. The van der Waals surface area contributed by atoms with Gasteiger partial charge in [0.25, 0.3) is 0 Å². The molecule has 0 aliphatic carbocycles. The van der Waals surface area contributed by atoms with E-state index in [2.05, 4.69) is 35.1 Å². The third kappa shape index (κ3) is 5.40. The Balaban J connectivity index is 1.55. The van der Waals surface area contributed by atoms with E-state index in [1.165, 1.54) is 4.90 Å². The number of anilines is 3. The number of hydrogen-bond donors (Lipinski definition) is 1. The van der Waals surface area contributed by atoms with Gasteiger partial charge < -0.3 is 10.2 Å². The van der Waals surface area contributed by atoms with Crippen molar-refractivity contribution in [1.29, 1.82) is 0 Å². The number of aliphatic imine (C=N–C) groups is 1. The summed E-state index contributed by atoms with van der Waals surface area (Å²) in [5.41, 5.74) is 6.06. The molecule has 2 heterocycles. The number of rotatable bonds is 7. The van der Waals surface area contributed by atoms with E-state index in [9.17, 15) is 9.59 Å². The Hall–Kier alpha value is -4.00. The first-order valence-electron chi connectivity index (χ1n) is 11.9. The van der Waals surface area contributed by atoms with Crippen molar-refractivity contribution in [1.82, 2.24) is 4.98 Å². The van der Waals surface area contributed by atoms with E-state index in [0.29, 0.717) is 17.2 Å². The maximum atomic E-state index is 13.3. The van der Waals surface area contributed by atoms with Gasteiger partial charge in [-0.05, 0) is 69.2 Å². The molecule has 0 radical (unpaired) electrons. The summed E-state index contributed by atoms with van der Waals surface area (Å²) >= 11 is 0. The Bertz CT molecular complexity index is 1260. The molecule has 1 aliphatic rings. The van der Waals surface area contributed by atoms with Crippen LogP contribution in [0.5, 0.6) is 0 Å². The maximum Gasteiger partial charge on any atom is 0.244 e. The second-order valence-electron chi connectivity index (χ2n) is 8.65. The van der Waals surface area contributed by atoms with Gasteiger partial charge in [0.2, 0.25) is 11.8 Å². The number of fused-ring (bicyclic) bond motifs is 1. The molecule has 0 unspecified atom stereocenters. The summed E-state index contributed by atoms with van der Waals surface area (Å²) in [7, 11) is 0. The number of nitrogens with zero attached hydrogens (tertiary/aromatic N) is 4. The largest absolute Gasteiger partial charge is 0.372 e. The zero-order chi connectivity index (χ0) is 24.9. The van der Waals surface area contributed by atoms with E-state index < -0.39 is 0 Å². The SMILES string of the molecule is CCN(CC)c1ccc(NC(=O)CN2C(=O)CC(c3ccc(C)cc3)=Nc3cccnc32)c(C)c1. The van der Waals surface area contributed by atoms with E-state index in [1.807, 2.05) is 56.3 Å². The second-order valence-corrected chi connectivity index (χ2v) is 8.65. The van der Waals surface area contributed by atoms with Crippen LogP contribution in [0.1, 0.15) is 37.0 Å². The van der Waals surface area contributed by atoms with E-state index in [-0.39, 0.29) is 24.8 Å². The molecule has 3 aromatic rings. The Kier molecular flexibility index (Phi) is 7.25. The molecule has 0 bridgehead atoms. The van der Waals surface area contributed by atoms with Gasteiger partial charge in [-0.15, -0.1) is 0 Å². The fraction of sp³-hybridized carbons (Fsp3) is 0.286. The third-order valence-electron chi connectivity index (χ3n) is 6.20. The molecule has 0 spiro atoms. The van der Waals surface area contributed by atoms with Crippen LogP contribution in [0.4, 0.5) is 22.9 Å². The molecule has 7 nitrogen and oxygen atoms in total. The Morgan fingerprint density at radius 2 is 1.80 bits per heavy atom. The van der Waals surface area contributed by atoms with Gasteiger partial charge >= 0.3 is 0 Å². The zero-order valence-electron chi connectivity index (χ0n) is 20.7. The molecule has 4 rings (SSSR count). The van der Waals surface area contributed by atoms with Crippen LogP contribution >= 0.6 is 0 Å². The molecule has 1 aromatic heterocycles. The van der Waals surface area contributed by atoms with Gasteiger partial charge in [-0.1, -0.05) is 29.8 Å². The van der Waals surface area contributed by atoms with Crippen molar-refractivity contribution < 1.29 is 9.59 Å². The summed E-state index contributed by atoms with van der Waals surface area (Å²) in [6.07, 6.45) is 1.70. The smallest absolute Gasteiger partial charge is 0.244 e. The van der Waals surface area contributed by atoms with Gasteiger partial charge in [-0.25, -0.2) is 9.98 Å². The number of carbonyl (C=O) groups excluding carboxylic acids is 2. The highest BCUT2D eigenvalue weighted by Gasteiger charge is 2.28. The van der Waals surface area contributed by atoms with Crippen molar-refractivity contribution >= 4 is 40.4 Å². The number of carbonyl (C=O) groups is 2. The molecular formula is C28H31N5O2. The van der Waals surface area contributed by atoms with Crippen LogP contribution in [0.15, 0.2) is 65.8 Å². The van der Waals surface area contributed by atoms with Crippen LogP contribution in [-0.2, 0) is 9.59 Å². The average molecular weight is 470 g/mol. The topological polar surface area (TPSA) is 77.9 Å². The number of amides is 2. The van der Waals surface area contributed by atoms with Crippen molar-refractivity contribution in [2.24, 2.45) is 4.99 Å². The summed E-state index contributed by atoms with van der Waals surface area (Å²) in [5, 5.41) is 2.96. The molecule has 7 heteroatoms. The van der Waals surface area contributed by atoms with Crippen LogP contribution < -0.4 is 15.1 Å². The van der Waals surface area contributed by atoms with Crippen LogP contribution in [-0.4, -0.2) is 42.1 Å². The number of nitrogens with one attached hydrogen (secondary N) is 1. The van der Waals surface area contributed by atoms with Gasteiger partial charge in [0.15, 0.2) is 5.82 Å². The van der Waals surface area contributed by atoms with Gasteiger partial charge in [0.05, 0.1) is 12.1 Å². The number of aromatic nitrogens is 1. The summed E-state index contributed by atoms with van der Waals surface area (Å²) < 4.78 is 0. The number of hydrogen-bond acceptors (Lipinski definition) is 5. The summed E-state index contributed by atoms with van der Waals surface area (Å²) in [6.45, 7) is 9.91. The monoisotopic (exact) mass is 469 g/mol. The predicted octanol–water partition coefficient (Wildman–Crippen LogP) is 5.04. The highest BCUT2D eigenvalue weighted by Crippen LogP contribution is 2.31. The minimum Gasteiger partial charge on any atom is -0.372 e. The molecule has 1 N–H and O–H groups in total. The van der Waals surface area contributed by atoms with Gasteiger partial charge in [0.1, 0.15) is 12.2 Å². The number of pyridine rings is 1. The first-order chi connectivity index (χ1) is 16.9. The Labute approximate surface area is 206 Å². The van der Waals surface area contributed by atoms with Crippen LogP contribution in [0.3, 0.4) is 0 Å². The summed E-state index contributed by atoms with van der Waals surface area (Å²) in [5.74, 6) is -0.110. The minimum absolute atomic E-state index is 0.0876.